The summed E-state index contributed by atoms with van der Waals surface area (Å²) >= 11 is 1.19. The highest BCUT2D eigenvalue weighted by molar-refractivity contribution is 8.00. The minimum Gasteiger partial charge on any atom is -0.377 e. The highest BCUT2D eigenvalue weighted by Crippen LogP contribution is 2.20. The summed E-state index contributed by atoms with van der Waals surface area (Å²) in [5.74, 6) is -0.0853. The van der Waals surface area contributed by atoms with Crippen LogP contribution < -0.4 is 0 Å². The van der Waals surface area contributed by atoms with Gasteiger partial charge in [0.15, 0.2) is 5.78 Å². The van der Waals surface area contributed by atoms with E-state index in [0.717, 1.165) is 0 Å². The Hall–Kier alpha value is -0.870. The Balaban J connectivity index is 2.46. The molecule has 0 amide bonds. The van der Waals surface area contributed by atoms with Crippen molar-refractivity contribution >= 4 is 17.5 Å². The first kappa shape index (κ1) is 11.2. The second kappa shape index (κ2) is 5.78. The normalized spacial score (nSPS) is 10.1. The van der Waals surface area contributed by atoms with Crippen LogP contribution in [0.5, 0.6) is 0 Å². The molecule has 4 heteroatoms. The predicted molar refractivity (Wildman–Crippen MR) is 54.0 cm³/mol. The maximum atomic E-state index is 13.1. The monoisotopic (exact) mass is 214 g/mol. The number of hydrogen-bond donors (Lipinski definition) is 0. The molecule has 0 unspecified atom stereocenters. The van der Waals surface area contributed by atoms with Crippen LogP contribution in [0.1, 0.15) is 0 Å². The molecule has 0 heterocycles. The summed E-state index contributed by atoms with van der Waals surface area (Å²) in [6.07, 6.45) is 0. The largest absolute Gasteiger partial charge is 0.377 e. The molecule has 0 aliphatic rings. The van der Waals surface area contributed by atoms with E-state index >= 15 is 0 Å². The van der Waals surface area contributed by atoms with Gasteiger partial charge in [-0.05, 0) is 12.1 Å². The first-order valence-corrected chi connectivity index (χ1v) is 5.10. The maximum absolute atomic E-state index is 13.1. The molecular formula is C10H11FO2S. The Morgan fingerprint density at radius 1 is 1.50 bits per heavy atom. The minimum atomic E-state index is -0.289. The van der Waals surface area contributed by atoms with Crippen molar-refractivity contribution in [2.75, 3.05) is 19.5 Å². The summed E-state index contributed by atoms with van der Waals surface area (Å²) in [5, 5.41) is 0. The third kappa shape index (κ3) is 3.47. The topological polar surface area (TPSA) is 26.3 Å². The molecule has 0 aliphatic carbocycles. The summed E-state index contributed by atoms with van der Waals surface area (Å²) in [7, 11) is 1.46. The molecule has 0 saturated carbocycles. The van der Waals surface area contributed by atoms with Crippen LogP contribution in [-0.4, -0.2) is 25.3 Å². The van der Waals surface area contributed by atoms with Gasteiger partial charge in [0.2, 0.25) is 0 Å². The fourth-order valence-corrected chi connectivity index (χ4v) is 1.70. The first-order valence-electron chi connectivity index (χ1n) is 4.12. The number of thioether (sulfide) groups is 1. The van der Waals surface area contributed by atoms with Crippen molar-refractivity contribution < 1.29 is 13.9 Å². The van der Waals surface area contributed by atoms with Gasteiger partial charge in [-0.25, -0.2) is 4.39 Å². The summed E-state index contributed by atoms with van der Waals surface area (Å²) in [6, 6.07) is 6.39. The van der Waals surface area contributed by atoms with E-state index in [1.54, 1.807) is 18.2 Å². The smallest absolute Gasteiger partial charge is 0.168 e. The molecule has 0 aromatic heterocycles. The number of carbonyl (C=O) groups is 1. The van der Waals surface area contributed by atoms with Crippen molar-refractivity contribution in [3.8, 4) is 0 Å². The van der Waals surface area contributed by atoms with E-state index in [4.69, 9.17) is 0 Å². The van der Waals surface area contributed by atoms with E-state index in [-0.39, 0.29) is 24.0 Å². The third-order valence-electron chi connectivity index (χ3n) is 1.53. The lowest BCUT2D eigenvalue weighted by molar-refractivity contribution is -0.120. The zero-order valence-corrected chi connectivity index (χ0v) is 8.64. The third-order valence-corrected chi connectivity index (χ3v) is 2.64. The van der Waals surface area contributed by atoms with Gasteiger partial charge in [0.1, 0.15) is 12.4 Å². The van der Waals surface area contributed by atoms with E-state index in [1.807, 2.05) is 0 Å². The Bertz CT molecular complexity index is 315. The molecule has 0 spiro atoms. The highest BCUT2D eigenvalue weighted by Gasteiger charge is 2.05. The molecule has 0 bridgehead atoms. The Labute approximate surface area is 86.5 Å². The van der Waals surface area contributed by atoms with Gasteiger partial charge in [0.05, 0.1) is 5.75 Å². The second-order valence-electron chi connectivity index (χ2n) is 2.69. The lowest BCUT2D eigenvalue weighted by Crippen LogP contribution is -2.08. The van der Waals surface area contributed by atoms with Crippen LogP contribution in [-0.2, 0) is 9.53 Å². The van der Waals surface area contributed by atoms with Gasteiger partial charge in [0, 0.05) is 12.0 Å². The lowest BCUT2D eigenvalue weighted by Gasteiger charge is -2.01. The van der Waals surface area contributed by atoms with Gasteiger partial charge in [-0.3, -0.25) is 4.79 Å². The van der Waals surface area contributed by atoms with Crippen molar-refractivity contribution in [1.82, 2.24) is 0 Å². The standard InChI is InChI=1S/C10H11FO2S/c1-13-6-8(12)7-14-10-5-3-2-4-9(10)11/h2-5H,6-7H2,1H3. The summed E-state index contributed by atoms with van der Waals surface area (Å²) in [4.78, 5) is 11.6. The van der Waals surface area contributed by atoms with Crippen LogP contribution in [0.15, 0.2) is 29.2 Å². The number of ketones is 1. The summed E-state index contributed by atoms with van der Waals surface area (Å²) in [5.41, 5.74) is 0. The average molecular weight is 214 g/mol. The molecule has 0 atom stereocenters. The maximum Gasteiger partial charge on any atom is 0.168 e. The second-order valence-corrected chi connectivity index (χ2v) is 3.71. The molecule has 0 saturated heterocycles. The number of hydrogen-bond acceptors (Lipinski definition) is 3. The number of benzene rings is 1. The number of carbonyl (C=O) groups excluding carboxylic acids is 1. The molecule has 0 fully saturated rings. The van der Waals surface area contributed by atoms with Gasteiger partial charge in [-0.1, -0.05) is 12.1 Å². The van der Waals surface area contributed by atoms with Crippen molar-refractivity contribution in [2.45, 2.75) is 4.90 Å². The summed E-state index contributed by atoms with van der Waals surface area (Å²) in [6.45, 7) is 0.0848. The molecule has 76 valence electrons. The van der Waals surface area contributed by atoms with E-state index in [9.17, 15) is 9.18 Å². The number of rotatable bonds is 5. The van der Waals surface area contributed by atoms with Crippen LogP contribution in [0.3, 0.4) is 0 Å². The van der Waals surface area contributed by atoms with Gasteiger partial charge >= 0.3 is 0 Å². The zero-order valence-electron chi connectivity index (χ0n) is 7.83. The van der Waals surface area contributed by atoms with Crippen LogP contribution in [0.4, 0.5) is 4.39 Å². The molecule has 0 N–H and O–H groups in total. The van der Waals surface area contributed by atoms with Crippen molar-refractivity contribution in [1.29, 1.82) is 0 Å². The van der Waals surface area contributed by atoms with Crippen LogP contribution in [0.25, 0.3) is 0 Å². The lowest BCUT2D eigenvalue weighted by atomic mass is 10.3. The van der Waals surface area contributed by atoms with Gasteiger partial charge in [0.25, 0.3) is 0 Å². The number of halogens is 1. The minimum absolute atomic E-state index is 0.0410. The molecule has 1 aromatic carbocycles. The van der Waals surface area contributed by atoms with Gasteiger partial charge in [-0.2, -0.15) is 0 Å². The SMILES string of the molecule is COCC(=O)CSc1ccccc1F. The Morgan fingerprint density at radius 2 is 2.21 bits per heavy atom. The number of ether oxygens (including phenoxy) is 1. The number of Topliss-reactive ketones (excluding diaryl/α,β-unsaturated/α-hetero) is 1. The molecule has 2 nitrogen and oxygen atoms in total. The predicted octanol–water partition coefficient (Wildman–Crippen LogP) is 2.13. The van der Waals surface area contributed by atoms with Crippen molar-refractivity contribution in [3.05, 3.63) is 30.1 Å². The summed E-state index contributed by atoms with van der Waals surface area (Å²) < 4.78 is 17.7. The van der Waals surface area contributed by atoms with Crippen LogP contribution in [0.2, 0.25) is 0 Å². The zero-order chi connectivity index (χ0) is 10.4. The number of methoxy groups -OCH3 is 1. The fourth-order valence-electron chi connectivity index (χ4n) is 0.923. The van der Waals surface area contributed by atoms with Gasteiger partial charge in [-0.15, -0.1) is 11.8 Å². The van der Waals surface area contributed by atoms with Gasteiger partial charge < -0.3 is 4.74 Å². The Kier molecular flexibility index (Phi) is 4.62. The molecule has 0 aliphatic heterocycles. The van der Waals surface area contributed by atoms with Crippen LogP contribution in [0, 0.1) is 5.82 Å². The van der Waals surface area contributed by atoms with E-state index in [1.165, 1.54) is 24.9 Å². The average Bonchev–Trinajstić information content (AvgIpc) is 2.17. The van der Waals surface area contributed by atoms with E-state index < -0.39 is 0 Å². The van der Waals surface area contributed by atoms with E-state index in [0.29, 0.717) is 4.90 Å². The van der Waals surface area contributed by atoms with Crippen molar-refractivity contribution in [3.63, 3.8) is 0 Å². The molecule has 0 radical (unpaired) electrons. The highest BCUT2D eigenvalue weighted by atomic mass is 32.2. The van der Waals surface area contributed by atoms with Crippen LogP contribution >= 0.6 is 11.8 Å². The van der Waals surface area contributed by atoms with E-state index in [2.05, 4.69) is 4.74 Å². The first-order chi connectivity index (χ1) is 6.74. The molecule has 1 aromatic rings. The molecule has 1 rings (SSSR count). The van der Waals surface area contributed by atoms with Crippen molar-refractivity contribution in [2.24, 2.45) is 0 Å². The molecular weight excluding hydrogens is 203 g/mol. The quantitative estimate of drug-likeness (QED) is 0.702. The fraction of sp³-hybridized carbons (Fsp3) is 0.300. The Morgan fingerprint density at radius 3 is 2.86 bits per heavy atom. The molecule has 14 heavy (non-hydrogen) atoms.